The zero-order chi connectivity index (χ0) is 17.1. The molecule has 0 amide bonds. The van der Waals surface area contributed by atoms with Crippen molar-refractivity contribution in [3.05, 3.63) is 65.6 Å². The van der Waals surface area contributed by atoms with E-state index in [4.69, 9.17) is 9.84 Å². The first kappa shape index (κ1) is 15.7. The highest BCUT2D eigenvalue weighted by Gasteiger charge is 2.21. The van der Waals surface area contributed by atoms with E-state index >= 15 is 0 Å². The summed E-state index contributed by atoms with van der Waals surface area (Å²) >= 11 is 0. The van der Waals surface area contributed by atoms with Crippen molar-refractivity contribution in [2.75, 3.05) is 19.0 Å². The van der Waals surface area contributed by atoms with Gasteiger partial charge in [-0.3, -0.25) is 4.98 Å². The Hall–Kier alpha value is -2.82. The molecule has 1 aliphatic heterocycles. The molecular weight excluding hydrogens is 312 g/mol. The zero-order valence-corrected chi connectivity index (χ0v) is 14.4. The second kappa shape index (κ2) is 6.97. The molecule has 1 aromatic carbocycles. The van der Waals surface area contributed by atoms with Crippen LogP contribution in [0.1, 0.15) is 29.8 Å². The minimum Gasteiger partial charge on any atom is -0.497 e. The molecule has 3 aromatic rings. The Morgan fingerprint density at radius 1 is 1.12 bits per heavy atom. The number of pyridine rings is 1. The molecule has 2 aromatic heterocycles. The molecule has 0 radical (unpaired) electrons. The van der Waals surface area contributed by atoms with Crippen LogP contribution >= 0.6 is 0 Å². The molecule has 0 aliphatic carbocycles. The summed E-state index contributed by atoms with van der Waals surface area (Å²) in [4.78, 5) is 4.46. The second-order valence-corrected chi connectivity index (χ2v) is 6.27. The summed E-state index contributed by atoms with van der Waals surface area (Å²) in [6, 6.07) is 14.1. The van der Waals surface area contributed by atoms with E-state index in [0.717, 1.165) is 48.0 Å². The lowest BCUT2D eigenvalue weighted by molar-refractivity contribution is 0.414. The molecule has 4 rings (SSSR count). The number of fused-ring (bicyclic) bond motifs is 1. The third kappa shape index (κ3) is 3.22. The van der Waals surface area contributed by atoms with E-state index in [2.05, 4.69) is 16.4 Å². The van der Waals surface area contributed by atoms with Gasteiger partial charge in [0.2, 0.25) is 0 Å². The minimum atomic E-state index is 0.758. The Bertz CT molecular complexity index is 840. The fourth-order valence-electron chi connectivity index (χ4n) is 3.30. The molecule has 1 aliphatic rings. The number of aromatic nitrogens is 3. The number of nitrogens with zero attached hydrogens (tertiary/aromatic N) is 3. The molecule has 5 nitrogen and oxygen atoms in total. The Labute approximate surface area is 147 Å². The van der Waals surface area contributed by atoms with E-state index in [1.807, 2.05) is 47.3 Å². The van der Waals surface area contributed by atoms with Gasteiger partial charge in [-0.05, 0) is 55.7 Å². The van der Waals surface area contributed by atoms with Gasteiger partial charge >= 0.3 is 0 Å². The largest absolute Gasteiger partial charge is 0.497 e. The van der Waals surface area contributed by atoms with Crippen molar-refractivity contribution < 1.29 is 4.74 Å². The molecule has 25 heavy (non-hydrogen) atoms. The number of rotatable bonds is 4. The van der Waals surface area contributed by atoms with Crippen molar-refractivity contribution in [2.24, 2.45) is 0 Å². The molecule has 0 saturated carbocycles. The Kier molecular flexibility index (Phi) is 4.37. The molecule has 0 saturated heterocycles. The third-order valence-corrected chi connectivity index (χ3v) is 4.60. The fraction of sp³-hybridized carbons (Fsp3) is 0.300. The number of benzene rings is 1. The highest BCUT2D eigenvalue weighted by molar-refractivity contribution is 5.55. The topological polar surface area (TPSA) is 52.0 Å². The first-order valence-electron chi connectivity index (χ1n) is 8.74. The zero-order valence-electron chi connectivity index (χ0n) is 14.4. The van der Waals surface area contributed by atoms with Crippen LogP contribution in [0.5, 0.6) is 5.75 Å². The van der Waals surface area contributed by atoms with Gasteiger partial charge in [0.15, 0.2) is 0 Å². The van der Waals surface area contributed by atoms with E-state index < -0.39 is 0 Å². The molecule has 0 spiro atoms. The molecule has 128 valence electrons. The lowest BCUT2D eigenvalue weighted by atomic mass is 10.1. The van der Waals surface area contributed by atoms with Crippen LogP contribution in [0.25, 0.3) is 5.69 Å². The first-order valence-corrected chi connectivity index (χ1v) is 8.74. The quantitative estimate of drug-likeness (QED) is 0.792. The standard InChI is InChI=1S/C20H22N4O/c1-25-17-10-8-16(9-11-17)24-20-18(7-3-5-13-22-20)19(23-24)14-15-6-2-4-12-21-15/h2,4,6,8-12,22H,3,5,7,13-14H2,1H3. The van der Waals surface area contributed by atoms with Crippen molar-refractivity contribution >= 4 is 5.82 Å². The predicted octanol–water partition coefficient (Wildman–Crippen LogP) is 3.61. The Balaban J connectivity index is 1.75. The second-order valence-electron chi connectivity index (χ2n) is 6.27. The number of hydrogen-bond donors (Lipinski definition) is 1. The molecule has 3 heterocycles. The summed E-state index contributed by atoms with van der Waals surface area (Å²) in [6.07, 6.45) is 6.02. The maximum Gasteiger partial charge on any atom is 0.133 e. The third-order valence-electron chi connectivity index (χ3n) is 4.60. The van der Waals surface area contributed by atoms with Crippen molar-refractivity contribution in [3.8, 4) is 11.4 Å². The monoisotopic (exact) mass is 334 g/mol. The van der Waals surface area contributed by atoms with Gasteiger partial charge in [-0.15, -0.1) is 0 Å². The van der Waals surface area contributed by atoms with Gasteiger partial charge in [-0.25, -0.2) is 4.68 Å². The first-order chi connectivity index (χ1) is 12.3. The van der Waals surface area contributed by atoms with Crippen LogP contribution in [-0.4, -0.2) is 28.4 Å². The van der Waals surface area contributed by atoms with Crippen LogP contribution in [0, 0.1) is 0 Å². The molecule has 0 bridgehead atoms. The fourth-order valence-corrected chi connectivity index (χ4v) is 3.30. The Morgan fingerprint density at radius 3 is 2.76 bits per heavy atom. The van der Waals surface area contributed by atoms with Crippen LogP contribution in [0.2, 0.25) is 0 Å². The van der Waals surface area contributed by atoms with Crippen LogP contribution in [-0.2, 0) is 12.8 Å². The minimum absolute atomic E-state index is 0.758. The molecule has 0 atom stereocenters. The number of anilines is 1. The van der Waals surface area contributed by atoms with E-state index in [1.165, 1.54) is 18.4 Å². The van der Waals surface area contributed by atoms with Crippen molar-refractivity contribution in [2.45, 2.75) is 25.7 Å². The van der Waals surface area contributed by atoms with Gasteiger partial charge in [0.1, 0.15) is 11.6 Å². The number of hydrogen-bond acceptors (Lipinski definition) is 4. The van der Waals surface area contributed by atoms with Crippen LogP contribution in [0.3, 0.4) is 0 Å². The highest BCUT2D eigenvalue weighted by atomic mass is 16.5. The summed E-state index contributed by atoms with van der Waals surface area (Å²) in [5.74, 6) is 1.97. The number of ether oxygens (including phenoxy) is 1. The van der Waals surface area contributed by atoms with Crippen LogP contribution in [0.4, 0.5) is 5.82 Å². The van der Waals surface area contributed by atoms with E-state index in [-0.39, 0.29) is 0 Å². The summed E-state index contributed by atoms with van der Waals surface area (Å²) in [5, 5.41) is 8.50. The molecular formula is C20H22N4O. The molecule has 0 unspecified atom stereocenters. The van der Waals surface area contributed by atoms with E-state index in [1.54, 1.807) is 7.11 Å². The van der Waals surface area contributed by atoms with Crippen molar-refractivity contribution in [1.29, 1.82) is 0 Å². The van der Waals surface area contributed by atoms with Crippen molar-refractivity contribution in [1.82, 2.24) is 14.8 Å². The average Bonchev–Trinajstić information content (AvgIpc) is 2.84. The van der Waals surface area contributed by atoms with E-state index in [9.17, 15) is 0 Å². The van der Waals surface area contributed by atoms with Gasteiger partial charge < -0.3 is 10.1 Å². The van der Waals surface area contributed by atoms with Gasteiger partial charge in [-0.1, -0.05) is 6.07 Å². The lowest BCUT2D eigenvalue weighted by Gasteiger charge is -2.09. The maximum atomic E-state index is 5.27. The van der Waals surface area contributed by atoms with Gasteiger partial charge in [0, 0.05) is 30.4 Å². The van der Waals surface area contributed by atoms with Gasteiger partial charge in [0.25, 0.3) is 0 Å². The summed E-state index contributed by atoms with van der Waals surface area (Å²) in [5.41, 5.74) is 4.52. The summed E-state index contributed by atoms with van der Waals surface area (Å²) in [6.45, 7) is 0.984. The number of methoxy groups -OCH3 is 1. The lowest BCUT2D eigenvalue weighted by Crippen LogP contribution is -2.07. The van der Waals surface area contributed by atoms with Gasteiger partial charge in [0.05, 0.1) is 18.5 Å². The number of nitrogens with one attached hydrogen (secondary N) is 1. The maximum absolute atomic E-state index is 5.27. The Morgan fingerprint density at radius 2 is 2.00 bits per heavy atom. The predicted molar refractivity (Wildman–Crippen MR) is 98.6 cm³/mol. The SMILES string of the molecule is COc1ccc(-n2nc(Cc3ccccn3)c3c2NCCCC3)cc1. The van der Waals surface area contributed by atoms with Crippen LogP contribution in [0.15, 0.2) is 48.7 Å². The highest BCUT2D eigenvalue weighted by Crippen LogP contribution is 2.29. The summed E-state index contributed by atoms with van der Waals surface area (Å²) < 4.78 is 7.29. The molecule has 5 heteroatoms. The van der Waals surface area contributed by atoms with Crippen molar-refractivity contribution in [3.63, 3.8) is 0 Å². The molecule has 0 fully saturated rings. The average molecular weight is 334 g/mol. The summed E-state index contributed by atoms with van der Waals surface area (Å²) in [7, 11) is 1.68. The van der Waals surface area contributed by atoms with Gasteiger partial charge in [-0.2, -0.15) is 5.10 Å². The molecule has 1 N–H and O–H groups in total. The smallest absolute Gasteiger partial charge is 0.133 e. The normalized spacial score (nSPS) is 13.6. The van der Waals surface area contributed by atoms with E-state index in [0.29, 0.717) is 0 Å². The van der Waals surface area contributed by atoms with Crippen LogP contribution < -0.4 is 10.1 Å².